The van der Waals surface area contributed by atoms with Crippen molar-refractivity contribution in [2.24, 2.45) is 0 Å². The quantitative estimate of drug-likeness (QED) is 0.745. The van der Waals surface area contributed by atoms with Crippen LogP contribution in [0.15, 0.2) is 42.5 Å². The lowest BCUT2D eigenvalue weighted by atomic mass is 9.70. The standard InChI is InChI=1S/C19H23BO3/c1-17(2)18(3,4)23-20(22-17)14-10-8-11-15-16(14)13-9-6-7-12-19(13,5)21-15/h6-13H,1-5H3. The molecule has 0 amide bonds. The maximum absolute atomic E-state index is 6.27. The van der Waals surface area contributed by atoms with Crippen LogP contribution in [0.5, 0.6) is 5.75 Å². The first-order valence-corrected chi connectivity index (χ1v) is 8.27. The van der Waals surface area contributed by atoms with E-state index >= 15 is 0 Å². The summed E-state index contributed by atoms with van der Waals surface area (Å²) >= 11 is 0. The minimum absolute atomic E-state index is 0.192. The first kappa shape index (κ1) is 15.0. The molecule has 23 heavy (non-hydrogen) atoms. The topological polar surface area (TPSA) is 27.7 Å². The summed E-state index contributed by atoms with van der Waals surface area (Å²) in [7, 11) is -0.361. The van der Waals surface area contributed by atoms with Gasteiger partial charge in [0.15, 0.2) is 0 Å². The zero-order valence-electron chi connectivity index (χ0n) is 14.4. The highest BCUT2D eigenvalue weighted by Gasteiger charge is 2.54. The summed E-state index contributed by atoms with van der Waals surface area (Å²) < 4.78 is 18.8. The molecule has 0 spiro atoms. The maximum Gasteiger partial charge on any atom is 0.495 e. The Kier molecular flexibility index (Phi) is 2.95. The lowest BCUT2D eigenvalue weighted by molar-refractivity contribution is 0.00578. The van der Waals surface area contributed by atoms with E-state index in [4.69, 9.17) is 14.0 Å². The van der Waals surface area contributed by atoms with Crippen molar-refractivity contribution in [1.82, 2.24) is 0 Å². The first-order valence-electron chi connectivity index (χ1n) is 8.27. The molecule has 4 heteroatoms. The molecule has 1 aromatic rings. The van der Waals surface area contributed by atoms with E-state index in [1.165, 1.54) is 5.56 Å². The molecule has 0 aromatic heterocycles. The van der Waals surface area contributed by atoms with Crippen molar-refractivity contribution in [2.45, 2.75) is 57.3 Å². The average molecular weight is 310 g/mol. The maximum atomic E-state index is 6.27. The predicted octanol–water partition coefficient (Wildman–Crippen LogP) is 3.35. The number of rotatable bonds is 1. The molecule has 0 bridgehead atoms. The Morgan fingerprint density at radius 2 is 1.65 bits per heavy atom. The highest BCUT2D eigenvalue weighted by Crippen LogP contribution is 2.47. The van der Waals surface area contributed by atoms with Gasteiger partial charge in [0.2, 0.25) is 0 Å². The Bertz CT molecular complexity index is 703. The van der Waals surface area contributed by atoms with E-state index in [1.54, 1.807) is 0 Å². The number of hydrogen-bond donors (Lipinski definition) is 0. The summed E-state index contributed by atoms with van der Waals surface area (Å²) in [6.07, 6.45) is 8.48. The molecule has 3 aliphatic rings. The van der Waals surface area contributed by atoms with Gasteiger partial charge >= 0.3 is 7.12 Å². The monoisotopic (exact) mass is 310 g/mol. The fraction of sp³-hybridized carbons (Fsp3) is 0.474. The molecule has 1 fully saturated rings. The third-order valence-electron chi connectivity index (χ3n) is 5.71. The van der Waals surface area contributed by atoms with Gasteiger partial charge in [-0.25, -0.2) is 0 Å². The molecule has 1 aliphatic carbocycles. The van der Waals surface area contributed by atoms with Crippen molar-refractivity contribution < 1.29 is 14.0 Å². The van der Waals surface area contributed by atoms with Crippen LogP contribution in [0.25, 0.3) is 0 Å². The number of benzene rings is 1. The average Bonchev–Trinajstić information content (AvgIpc) is 2.88. The number of fused-ring (bicyclic) bond motifs is 3. The van der Waals surface area contributed by atoms with Crippen LogP contribution in [-0.2, 0) is 9.31 Å². The summed E-state index contributed by atoms with van der Waals surface area (Å²) in [6, 6.07) is 6.16. The Labute approximate surface area is 138 Å². The van der Waals surface area contributed by atoms with Gasteiger partial charge < -0.3 is 14.0 Å². The van der Waals surface area contributed by atoms with Crippen molar-refractivity contribution in [1.29, 1.82) is 0 Å². The van der Waals surface area contributed by atoms with Crippen molar-refractivity contribution in [3.63, 3.8) is 0 Å². The van der Waals surface area contributed by atoms with Gasteiger partial charge in [0.25, 0.3) is 0 Å². The predicted molar refractivity (Wildman–Crippen MR) is 92.2 cm³/mol. The second-order valence-corrected chi connectivity index (χ2v) is 7.85. The summed E-state index contributed by atoms with van der Waals surface area (Å²) in [6.45, 7) is 10.5. The Balaban J connectivity index is 1.79. The highest BCUT2D eigenvalue weighted by atomic mass is 16.7. The van der Waals surface area contributed by atoms with Gasteiger partial charge in [-0.2, -0.15) is 0 Å². The minimum Gasteiger partial charge on any atom is -0.482 e. The Morgan fingerprint density at radius 1 is 0.957 bits per heavy atom. The third kappa shape index (κ3) is 2.05. The molecule has 2 atom stereocenters. The van der Waals surface area contributed by atoms with Crippen LogP contribution >= 0.6 is 0 Å². The Morgan fingerprint density at radius 3 is 2.35 bits per heavy atom. The minimum atomic E-state index is -0.361. The van der Waals surface area contributed by atoms with E-state index < -0.39 is 0 Å². The van der Waals surface area contributed by atoms with E-state index in [-0.39, 0.29) is 29.8 Å². The van der Waals surface area contributed by atoms with Gasteiger partial charge in [0.05, 0.1) is 11.2 Å². The highest BCUT2D eigenvalue weighted by molar-refractivity contribution is 6.62. The SMILES string of the molecule is CC12C=CC=CC1c1c(cccc1B1OC(C)(C)C(C)(C)O1)O2. The van der Waals surface area contributed by atoms with E-state index in [0.29, 0.717) is 0 Å². The van der Waals surface area contributed by atoms with Crippen LogP contribution < -0.4 is 10.2 Å². The molecule has 1 aromatic carbocycles. The molecule has 0 N–H and O–H groups in total. The second kappa shape index (κ2) is 4.52. The fourth-order valence-corrected chi connectivity index (χ4v) is 3.59. The molecule has 0 radical (unpaired) electrons. The zero-order chi connectivity index (χ0) is 16.5. The first-order chi connectivity index (χ1) is 10.7. The summed E-state index contributed by atoms with van der Waals surface area (Å²) in [5, 5.41) is 0. The van der Waals surface area contributed by atoms with Crippen molar-refractivity contribution in [3.8, 4) is 5.75 Å². The molecule has 1 saturated heterocycles. The van der Waals surface area contributed by atoms with Crippen molar-refractivity contribution >= 4 is 12.6 Å². The zero-order valence-corrected chi connectivity index (χ0v) is 14.4. The molecule has 3 nitrogen and oxygen atoms in total. The number of allylic oxidation sites excluding steroid dienone is 2. The molecule has 2 aliphatic heterocycles. The molecular formula is C19H23BO3. The molecular weight excluding hydrogens is 287 g/mol. The molecule has 2 unspecified atom stereocenters. The van der Waals surface area contributed by atoms with Crippen LogP contribution in [-0.4, -0.2) is 23.9 Å². The van der Waals surface area contributed by atoms with Crippen LogP contribution in [0.2, 0.25) is 0 Å². The van der Waals surface area contributed by atoms with Crippen molar-refractivity contribution in [2.75, 3.05) is 0 Å². The molecule has 4 rings (SSSR count). The fourth-order valence-electron chi connectivity index (χ4n) is 3.59. The molecule has 2 heterocycles. The summed E-state index contributed by atoms with van der Waals surface area (Å²) in [4.78, 5) is 0. The normalized spacial score (nSPS) is 32.6. The lowest BCUT2D eigenvalue weighted by Crippen LogP contribution is -2.41. The van der Waals surface area contributed by atoms with Gasteiger partial charge in [-0.05, 0) is 52.2 Å². The molecule has 120 valence electrons. The van der Waals surface area contributed by atoms with Gasteiger partial charge in [-0.1, -0.05) is 30.4 Å². The van der Waals surface area contributed by atoms with Crippen LogP contribution in [0.3, 0.4) is 0 Å². The van der Waals surface area contributed by atoms with E-state index in [1.807, 2.05) is 12.1 Å². The van der Waals surface area contributed by atoms with Gasteiger partial charge in [0, 0.05) is 11.5 Å². The van der Waals surface area contributed by atoms with Crippen molar-refractivity contribution in [3.05, 3.63) is 48.1 Å². The van der Waals surface area contributed by atoms with Crippen LogP contribution in [0.1, 0.15) is 46.1 Å². The van der Waals surface area contributed by atoms with E-state index in [0.717, 1.165) is 11.2 Å². The Hall–Kier alpha value is -1.52. The van der Waals surface area contributed by atoms with Gasteiger partial charge in [0.1, 0.15) is 11.4 Å². The summed E-state index contributed by atoms with van der Waals surface area (Å²) in [5.74, 6) is 1.12. The third-order valence-corrected chi connectivity index (χ3v) is 5.71. The largest absolute Gasteiger partial charge is 0.495 e. The molecule has 0 saturated carbocycles. The number of ether oxygens (including phenoxy) is 1. The van der Waals surface area contributed by atoms with E-state index in [9.17, 15) is 0 Å². The van der Waals surface area contributed by atoms with Gasteiger partial charge in [-0.15, -0.1) is 0 Å². The smallest absolute Gasteiger partial charge is 0.482 e. The lowest BCUT2D eigenvalue weighted by Gasteiger charge is -2.32. The summed E-state index contributed by atoms with van der Waals surface area (Å²) in [5.41, 5.74) is 1.26. The van der Waals surface area contributed by atoms with E-state index in [2.05, 4.69) is 65.0 Å². The number of hydrogen-bond acceptors (Lipinski definition) is 3. The van der Waals surface area contributed by atoms with Crippen LogP contribution in [0.4, 0.5) is 0 Å². The van der Waals surface area contributed by atoms with Crippen LogP contribution in [0, 0.1) is 0 Å². The van der Waals surface area contributed by atoms with Gasteiger partial charge in [-0.3, -0.25) is 0 Å². The second-order valence-electron chi connectivity index (χ2n) is 7.85.